The van der Waals surface area contributed by atoms with Gasteiger partial charge in [0.05, 0.1) is 17.5 Å². The molecule has 0 aromatic heterocycles. The molecule has 0 aliphatic heterocycles. The second-order valence-corrected chi connectivity index (χ2v) is 6.25. The lowest BCUT2D eigenvalue weighted by Crippen LogP contribution is -2.36. The molecule has 4 nitrogen and oxygen atoms in total. The number of hydrogen-bond donors (Lipinski definition) is 2. The average Bonchev–Trinajstić information content (AvgIpc) is 2.54. The van der Waals surface area contributed by atoms with E-state index in [1.807, 2.05) is 0 Å². The molecule has 1 fully saturated rings. The third-order valence-corrected chi connectivity index (χ3v) is 4.47. The first-order valence-electron chi connectivity index (χ1n) is 7.89. The number of halogens is 3. The molecule has 24 heavy (non-hydrogen) atoms. The van der Waals surface area contributed by atoms with E-state index < -0.39 is 35.6 Å². The first kappa shape index (κ1) is 18.3. The number of carboxylic acids is 1. The highest BCUT2D eigenvalue weighted by atomic mass is 19.4. The number of alkyl halides is 3. The summed E-state index contributed by atoms with van der Waals surface area (Å²) in [6.45, 7) is 1.62. The van der Waals surface area contributed by atoms with E-state index in [1.165, 1.54) is 12.1 Å². The zero-order valence-corrected chi connectivity index (χ0v) is 13.3. The average molecular weight is 343 g/mol. The molecule has 0 saturated heterocycles. The number of hydrogen-bond acceptors (Lipinski definition) is 2. The van der Waals surface area contributed by atoms with Gasteiger partial charge in [-0.15, -0.1) is 0 Å². The summed E-state index contributed by atoms with van der Waals surface area (Å²) in [6.07, 6.45) is -2.34. The molecular weight excluding hydrogens is 323 g/mol. The molecule has 3 unspecified atom stereocenters. The predicted octanol–water partition coefficient (Wildman–Crippen LogP) is 3.77. The Morgan fingerprint density at radius 1 is 1.25 bits per heavy atom. The molecule has 0 radical (unpaired) electrons. The van der Waals surface area contributed by atoms with Crippen molar-refractivity contribution in [3.8, 4) is 0 Å². The van der Waals surface area contributed by atoms with Crippen LogP contribution in [-0.2, 0) is 15.8 Å². The van der Waals surface area contributed by atoms with E-state index in [0.717, 1.165) is 12.1 Å². The van der Waals surface area contributed by atoms with Crippen LogP contribution in [0.1, 0.15) is 49.8 Å². The van der Waals surface area contributed by atoms with Gasteiger partial charge in [-0.25, -0.2) is 0 Å². The van der Waals surface area contributed by atoms with Crippen molar-refractivity contribution in [3.05, 3.63) is 35.4 Å². The molecular formula is C17H20F3NO3. The molecule has 2 rings (SSSR count). The highest BCUT2D eigenvalue weighted by Crippen LogP contribution is 2.32. The van der Waals surface area contributed by atoms with Gasteiger partial charge in [0.1, 0.15) is 0 Å². The number of nitrogens with one attached hydrogen (secondary N) is 1. The van der Waals surface area contributed by atoms with E-state index in [4.69, 9.17) is 5.11 Å². The van der Waals surface area contributed by atoms with Crippen LogP contribution in [0.3, 0.4) is 0 Å². The van der Waals surface area contributed by atoms with Crippen molar-refractivity contribution in [2.45, 2.75) is 44.8 Å². The smallest absolute Gasteiger partial charge is 0.416 e. The minimum Gasteiger partial charge on any atom is -0.481 e. The Labute approximate surface area is 138 Å². The van der Waals surface area contributed by atoms with Gasteiger partial charge in [0.15, 0.2) is 0 Å². The van der Waals surface area contributed by atoms with Gasteiger partial charge in [0.2, 0.25) is 5.91 Å². The van der Waals surface area contributed by atoms with E-state index in [9.17, 15) is 22.8 Å². The molecule has 1 aliphatic carbocycles. The van der Waals surface area contributed by atoms with Crippen LogP contribution in [0.2, 0.25) is 0 Å². The highest BCUT2D eigenvalue weighted by Gasteiger charge is 2.33. The standard InChI is InChI=1S/C17H20F3NO3/c1-10(11-4-3-7-14(9-11)17(18,19)20)21-15(22)12-5-2-6-13(8-12)16(23)24/h3-4,7,9-10,12-13H,2,5-6,8H2,1H3,(H,21,22)(H,23,24). The summed E-state index contributed by atoms with van der Waals surface area (Å²) < 4.78 is 38.3. The molecule has 7 heteroatoms. The van der Waals surface area contributed by atoms with Crippen LogP contribution in [-0.4, -0.2) is 17.0 Å². The van der Waals surface area contributed by atoms with Gasteiger partial charge in [-0.3, -0.25) is 9.59 Å². The van der Waals surface area contributed by atoms with E-state index in [1.54, 1.807) is 6.92 Å². The van der Waals surface area contributed by atoms with Crippen LogP contribution in [0.15, 0.2) is 24.3 Å². The lowest BCUT2D eigenvalue weighted by atomic mass is 9.81. The molecule has 2 N–H and O–H groups in total. The predicted molar refractivity (Wildman–Crippen MR) is 81.1 cm³/mol. The normalized spacial score (nSPS) is 22.7. The molecule has 1 aromatic rings. The number of benzene rings is 1. The molecule has 1 saturated carbocycles. The number of rotatable bonds is 4. The lowest BCUT2D eigenvalue weighted by Gasteiger charge is -2.27. The Hall–Kier alpha value is -2.05. The fraction of sp³-hybridized carbons (Fsp3) is 0.529. The summed E-state index contributed by atoms with van der Waals surface area (Å²) in [7, 11) is 0. The van der Waals surface area contributed by atoms with Crippen molar-refractivity contribution in [2.24, 2.45) is 11.8 Å². The van der Waals surface area contributed by atoms with Crippen molar-refractivity contribution >= 4 is 11.9 Å². The quantitative estimate of drug-likeness (QED) is 0.874. The van der Waals surface area contributed by atoms with Gasteiger partial charge in [-0.1, -0.05) is 18.6 Å². The SMILES string of the molecule is CC(NC(=O)C1CCCC(C(=O)O)C1)c1cccc(C(F)(F)F)c1. The summed E-state index contributed by atoms with van der Waals surface area (Å²) in [4.78, 5) is 23.4. The van der Waals surface area contributed by atoms with Crippen LogP contribution >= 0.6 is 0 Å². The largest absolute Gasteiger partial charge is 0.481 e. The molecule has 0 heterocycles. The third-order valence-electron chi connectivity index (χ3n) is 4.47. The minimum absolute atomic E-state index is 0.274. The maximum Gasteiger partial charge on any atom is 0.416 e. The molecule has 1 amide bonds. The van der Waals surface area contributed by atoms with Crippen molar-refractivity contribution < 1.29 is 27.9 Å². The van der Waals surface area contributed by atoms with Crippen LogP contribution in [0.25, 0.3) is 0 Å². The maximum absolute atomic E-state index is 12.8. The summed E-state index contributed by atoms with van der Waals surface area (Å²) in [5, 5.41) is 11.8. The Balaban J connectivity index is 2.02. The van der Waals surface area contributed by atoms with Gasteiger partial charge in [-0.2, -0.15) is 13.2 Å². The van der Waals surface area contributed by atoms with E-state index >= 15 is 0 Å². The van der Waals surface area contributed by atoms with Crippen LogP contribution in [0.5, 0.6) is 0 Å². The van der Waals surface area contributed by atoms with E-state index in [0.29, 0.717) is 24.8 Å². The first-order chi connectivity index (χ1) is 11.2. The zero-order valence-electron chi connectivity index (χ0n) is 13.3. The molecule has 0 spiro atoms. The molecule has 3 atom stereocenters. The fourth-order valence-corrected chi connectivity index (χ4v) is 3.05. The summed E-state index contributed by atoms with van der Waals surface area (Å²) >= 11 is 0. The molecule has 1 aromatic carbocycles. The highest BCUT2D eigenvalue weighted by molar-refractivity contribution is 5.80. The van der Waals surface area contributed by atoms with Gasteiger partial charge >= 0.3 is 12.1 Å². The van der Waals surface area contributed by atoms with Gasteiger partial charge in [0.25, 0.3) is 0 Å². The van der Waals surface area contributed by atoms with Crippen LogP contribution in [0, 0.1) is 11.8 Å². The second-order valence-electron chi connectivity index (χ2n) is 6.25. The number of carbonyl (C=O) groups is 2. The van der Waals surface area contributed by atoms with Crippen LogP contribution < -0.4 is 5.32 Å². The van der Waals surface area contributed by atoms with Crippen LogP contribution in [0.4, 0.5) is 13.2 Å². The second kappa shape index (κ2) is 7.23. The molecule has 0 bridgehead atoms. The van der Waals surface area contributed by atoms with Gasteiger partial charge < -0.3 is 10.4 Å². The van der Waals surface area contributed by atoms with Crippen molar-refractivity contribution in [1.29, 1.82) is 0 Å². The number of carbonyl (C=O) groups excluding carboxylic acids is 1. The number of carboxylic acid groups (broad SMARTS) is 1. The maximum atomic E-state index is 12.8. The molecule has 132 valence electrons. The first-order valence-corrected chi connectivity index (χ1v) is 7.89. The van der Waals surface area contributed by atoms with Crippen molar-refractivity contribution in [1.82, 2.24) is 5.32 Å². The Morgan fingerprint density at radius 3 is 2.54 bits per heavy atom. The zero-order chi connectivity index (χ0) is 17.9. The minimum atomic E-state index is -4.43. The van der Waals surface area contributed by atoms with Gasteiger partial charge in [0, 0.05) is 5.92 Å². The summed E-state index contributed by atoms with van der Waals surface area (Å²) in [5.41, 5.74) is -0.395. The third kappa shape index (κ3) is 4.49. The number of aliphatic carboxylic acids is 1. The van der Waals surface area contributed by atoms with E-state index in [-0.39, 0.29) is 12.3 Å². The summed E-state index contributed by atoms with van der Waals surface area (Å²) in [6, 6.07) is 4.26. The van der Waals surface area contributed by atoms with E-state index in [2.05, 4.69) is 5.32 Å². The lowest BCUT2D eigenvalue weighted by molar-refractivity contribution is -0.144. The van der Waals surface area contributed by atoms with Crippen molar-refractivity contribution in [3.63, 3.8) is 0 Å². The Kier molecular flexibility index (Phi) is 5.51. The number of amides is 1. The van der Waals surface area contributed by atoms with Gasteiger partial charge in [-0.05, 0) is 43.9 Å². The fourth-order valence-electron chi connectivity index (χ4n) is 3.05. The molecule has 1 aliphatic rings. The summed E-state index contributed by atoms with van der Waals surface area (Å²) in [5.74, 6) is -2.14. The van der Waals surface area contributed by atoms with Crippen molar-refractivity contribution in [2.75, 3.05) is 0 Å². The topological polar surface area (TPSA) is 66.4 Å². The Bertz CT molecular complexity index is 615. The monoisotopic (exact) mass is 343 g/mol. The Morgan fingerprint density at radius 2 is 1.92 bits per heavy atom.